The first-order valence-corrected chi connectivity index (χ1v) is 17.7. The van der Waals surface area contributed by atoms with Crippen molar-refractivity contribution in [3.8, 4) is 23.0 Å². The van der Waals surface area contributed by atoms with Crippen LogP contribution in [0.4, 0.5) is 0 Å². The van der Waals surface area contributed by atoms with Crippen LogP contribution >= 0.6 is 0 Å². The Morgan fingerprint density at radius 3 is 1.58 bits per heavy atom. The summed E-state index contributed by atoms with van der Waals surface area (Å²) in [6, 6.07) is 0. The lowest BCUT2D eigenvalue weighted by Crippen LogP contribution is -2.28. The fraction of sp³-hybridized carbons (Fsp3) is 0.610. The molecule has 244 valence electrons. The first kappa shape index (κ1) is 32.1. The van der Waals surface area contributed by atoms with Gasteiger partial charge in [-0.3, -0.25) is 0 Å². The van der Waals surface area contributed by atoms with Crippen molar-refractivity contribution in [2.45, 2.75) is 143 Å². The van der Waals surface area contributed by atoms with Gasteiger partial charge < -0.3 is 19.7 Å². The summed E-state index contributed by atoms with van der Waals surface area (Å²) in [4.78, 5) is 0. The maximum Gasteiger partial charge on any atom is 0.231 e. The molecule has 2 aromatic rings. The minimum atomic E-state index is 0.1000. The molecule has 1 heterocycles. The average molecular weight is 613 g/mol. The summed E-state index contributed by atoms with van der Waals surface area (Å²) in [7, 11) is 0. The van der Waals surface area contributed by atoms with Gasteiger partial charge in [0.05, 0.1) is 0 Å². The van der Waals surface area contributed by atoms with E-state index in [1.807, 2.05) is 6.92 Å². The molecule has 5 aliphatic rings. The summed E-state index contributed by atoms with van der Waals surface area (Å²) in [6.45, 7) is 22.6. The molecule has 8 atom stereocenters. The first-order valence-electron chi connectivity index (χ1n) is 17.7. The number of benzene rings is 2. The molecule has 0 aromatic heterocycles. The van der Waals surface area contributed by atoms with Crippen molar-refractivity contribution in [2.24, 2.45) is 11.8 Å². The third kappa shape index (κ3) is 5.28. The molecule has 45 heavy (non-hydrogen) atoms. The summed E-state index contributed by atoms with van der Waals surface area (Å²) in [5.41, 5.74) is 13.2. The highest BCUT2D eigenvalue weighted by molar-refractivity contribution is 5.66. The van der Waals surface area contributed by atoms with Crippen LogP contribution in [-0.4, -0.2) is 17.0 Å². The maximum absolute atomic E-state index is 10.5. The summed E-state index contributed by atoms with van der Waals surface area (Å²) in [5.74, 6) is 6.72. The Hall–Kier alpha value is -2.88. The van der Waals surface area contributed by atoms with Crippen LogP contribution < -0.4 is 9.47 Å². The third-order valence-electron chi connectivity index (χ3n) is 12.0. The molecule has 7 rings (SSSR count). The number of ether oxygens (including phenoxy) is 2. The number of rotatable bonds is 2. The summed E-state index contributed by atoms with van der Waals surface area (Å²) in [5, 5.41) is 21.0. The van der Waals surface area contributed by atoms with Crippen LogP contribution in [0.5, 0.6) is 23.0 Å². The van der Waals surface area contributed by atoms with E-state index in [2.05, 4.69) is 74.5 Å². The van der Waals surface area contributed by atoms with Gasteiger partial charge in [-0.2, -0.15) is 0 Å². The van der Waals surface area contributed by atoms with Gasteiger partial charge in [-0.15, -0.1) is 0 Å². The molecule has 4 nitrogen and oxygen atoms in total. The van der Waals surface area contributed by atoms with Crippen LogP contribution in [0.25, 0.3) is 0 Å². The fourth-order valence-electron chi connectivity index (χ4n) is 10.0. The van der Waals surface area contributed by atoms with E-state index in [4.69, 9.17) is 9.47 Å². The SMILES string of the molecule is CC(C)=C[C@H]1C[C@H](C)[C@H]2CC[C@@H](C)c3c(O)c(O)c(C)c1c32.CC(C)=C[C@H]1C[C@H](C)[C@H]2CC[C@@H](C)c3c4c(c(C)c1c32)OCO4. The van der Waals surface area contributed by atoms with E-state index >= 15 is 0 Å². The van der Waals surface area contributed by atoms with Crippen molar-refractivity contribution in [1.29, 1.82) is 0 Å². The van der Waals surface area contributed by atoms with E-state index in [0.29, 0.717) is 48.2 Å². The molecular weight excluding hydrogens is 556 g/mol. The van der Waals surface area contributed by atoms with Crippen molar-refractivity contribution in [3.05, 3.63) is 67.8 Å². The number of fused-ring (bicyclic) bond motifs is 2. The van der Waals surface area contributed by atoms with E-state index in [0.717, 1.165) is 41.4 Å². The van der Waals surface area contributed by atoms with E-state index in [1.54, 1.807) is 11.1 Å². The second-order valence-corrected chi connectivity index (χ2v) is 15.8. The molecule has 2 N–H and O–H groups in total. The molecule has 0 saturated heterocycles. The van der Waals surface area contributed by atoms with Crippen molar-refractivity contribution in [2.75, 3.05) is 6.79 Å². The topological polar surface area (TPSA) is 58.9 Å². The zero-order valence-electron chi connectivity index (χ0n) is 29.4. The third-order valence-corrected chi connectivity index (χ3v) is 12.0. The second kappa shape index (κ2) is 12.0. The normalized spacial score (nSPS) is 30.4. The van der Waals surface area contributed by atoms with Crippen LogP contribution in [-0.2, 0) is 0 Å². The molecule has 0 spiro atoms. The predicted molar refractivity (Wildman–Crippen MR) is 184 cm³/mol. The van der Waals surface area contributed by atoms with Crippen molar-refractivity contribution in [3.63, 3.8) is 0 Å². The van der Waals surface area contributed by atoms with Gasteiger partial charge in [0.25, 0.3) is 0 Å². The minimum absolute atomic E-state index is 0.1000. The molecule has 0 bridgehead atoms. The van der Waals surface area contributed by atoms with Crippen LogP contribution in [0.3, 0.4) is 0 Å². The van der Waals surface area contributed by atoms with E-state index in [9.17, 15) is 10.2 Å². The van der Waals surface area contributed by atoms with E-state index in [1.165, 1.54) is 59.1 Å². The number of allylic oxidation sites excluding steroid dienone is 4. The van der Waals surface area contributed by atoms with Crippen LogP contribution in [0.2, 0.25) is 0 Å². The van der Waals surface area contributed by atoms with Gasteiger partial charge in [0.15, 0.2) is 23.0 Å². The van der Waals surface area contributed by atoms with Crippen molar-refractivity contribution in [1.82, 2.24) is 0 Å². The molecular formula is C41H56O4. The Morgan fingerprint density at radius 1 is 0.578 bits per heavy atom. The standard InChI is InChI=1S/C21H28O2.C20H28O2/c1-11(2)8-15-9-13(4)16-7-6-12(3)17-19(16)18(15)14(5)20-21(17)23-10-22-20;1-10(2)8-14-9-12(4)15-7-6-11(3)16-18(15)17(14)13(5)19(21)20(16)22/h8,12-13,15-16H,6-7,9-10H2,1-5H3;8,11-12,14-15,21-22H,6-7,9H2,1-5H3/t12-,13+,15+,16-;11-,12+,14+,15-/m11/s1. The molecule has 0 saturated carbocycles. The Morgan fingerprint density at radius 2 is 1.04 bits per heavy atom. The summed E-state index contributed by atoms with van der Waals surface area (Å²) in [6.07, 6.45) is 12.1. The lowest BCUT2D eigenvalue weighted by atomic mass is 9.62. The highest BCUT2D eigenvalue weighted by atomic mass is 16.7. The molecule has 1 aliphatic heterocycles. The van der Waals surface area contributed by atoms with Gasteiger partial charge in [0, 0.05) is 23.0 Å². The largest absolute Gasteiger partial charge is 0.504 e. The Balaban J connectivity index is 0.000000159. The highest BCUT2D eigenvalue weighted by Crippen LogP contribution is 2.60. The average Bonchev–Trinajstić information content (AvgIpc) is 3.45. The molecule has 2 aromatic carbocycles. The number of phenols is 2. The molecule has 0 unspecified atom stereocenters. The van der Waals surface area contributed by atoms with E-state index in [-0.39, 0.29) is 11.5 Å². The lowest BCUT2D eigenvalue weighted by Gasteiger charge is -2.43. The molecule has 4 heteroatoms. The van der Waals surface area contributed by atoms with Gasteiger partial charge in [-0.25, -0.2) is 0 Å². The Bertz CT molecular complexity index is 1550. The smallest absolute Gasteiger partial charge is 0.231 e. The van der Waals surface area contributed by atoms with Gasteiger partial charge in [0.2, 0.25) is 6.79 Å². The number of aromatic hydroxyl groups is 2. The number of hydrogen-bond acceptors (Lipinski definition) is 4. The zero-order chi connectivity index (χ0) is 32.5. The zero-order valence-corrected chi connectivity index (χ0v) is 29.4. The van der Waals surface area contributed by atoms with E-state index < -0.39 is 0 Å². The van der Waals surface area contributed by atoms with Crippen molar-refractivity contribution < 1.29 is 19.7 Å². The number of hydrogen-bond donors (Lipinski definition) is 2. The van der Waals surface area contributed by atoms with Crippen LogP contribution in [0.15, 0.2) is 23.3 Å². The Labute approximate surface area is 271 Å². The minimum Gasteiger partial charge on any atom is -0.504 e. The monoisotopic (exact) mass is 612 g/mol. The summed E-state index contributed by atoms with van der Waals surface area (Å²) >= 11 is 0. The predicted octanol–water partition coefficient (Wildman–Crippen LogP) is 11.3. The number of phenolic OH excluding ortho intramolecular Hbond substituents is 2. The van der Waals surface area contributed by atoms with Crippen LogP contribution in [0.1, 0.15) is 174 Å². The van der Waals surface area contributed by atoms with Gasteiger partial charge >= 0.3 is 0 Å². The van der Waals surface area contributed by atoms with Gasteiger partial charge in [-0.1, -0.05) is 51.0 Å². The lowest BCUT2D eigenvalue weighted by molar-refractivity contribution is 0.172. The highest BCUT2D eigenvalue weighted by Gasteiger charge is 2.43. The van der Waals surface area contributed by atoms with Crippen LogP contribution in [0, 0.1) is 25.7 Å². The quantitative estimate of drug-likeness (QED) is 0.262. The molecule has 4 aliphatic carbocycles. The molecule has 0 amide bonds. The fourth-order valence-corrected chi connectivity index (χ4v) is 10.0. The molecule has 0 fully saturated rings. The van der Waals surface area contributed by atoms with Gasteiger partial charge in [-0.05, 0) is 149 Å². The second-order valence-electron chi connectivity index (χ2n) is 15.8. The van der Waals surface area contributed by atoms with Crippen molar-refractivity contribution >= 4 is 0 Å². The first-order chi connectivity index (χ1) is 21.3. The summed E-state index contributed by atoms with van der Waals surface area (Å²) < 4.78 is 11.8. The molecule has 0 radical (unpaired) electrons. The van der Waals surface area contributed by atoms with Gasteiger partial charge in [0.1, 0.15) is 0 Å². The Kier molecular flexibility index (Phi) is 8.59. The maximum atomic E-state index is 10.5.